The summed E-state index contributed by atoms with van der Waals surface area (Å²) in [4.78, 5) is 34.5. The van der Waals surface area contributed by atoms with Crippen LogP contribution in [0.25, 0.3) is 0 Å². The van der Waals surface area contributed by atoms with E-state index in [-0.39, 0.29) is 40.9 Å². The highest BCUT2D eigenvalue weighted by Gasteiger charge is 2.35. The van der Waals surface area contributed by atoms with Gasteiger partial charge in [-0.1, -0.05) is 27.7 Å². The monoisotopic (exact) mass is 396 g/mol. The number of carbonyl (C=O) groups is 1. The lowest BCUT2D eigenvalue weighted by Gasteiger charge is -2.23. The number of hydrogen-bond donors (Lipinski definition) is 2. The lowest BCUT2D eigenvalue weighted by Crippen LogP contribution is -2.37. The zero-order chi connectivity index (χ0) is 21.8. The van der Waals surface area contributed by atoms with Crippen LogP contribution in [-0.4, -0.2) is 34.9 Å². The minimum Gasteiger partial charge on any atom is -0.490 e. The van der Waals surface area contributed by atoms with E-state index in [1.54, 1.807) is 13.8 Å². The van der Waals surface area contributed by atoms with E-state index in [2.05, 4.69) is 10.6 Å². The number of nitro groups is 2. The molecule has 2 atom stereocenters. The summed E-state index contributed by atoms with van der Waals surface area (Å²) >= 11 is 0. The van der Waals surface area contributed by atoms with Gasteiger partial charge in [0.1, 0.15) is 17.3 Å². The van der Waals surface area contributed by atoms with Crippen LogP contribution in [0.15, 0.2) is 6.07 Å². The molecule has 0 radical (unpaired) electrons. The molecule has 10 nitrogen and oxygen atoms in total. The number of carbonyl (C=O) groups excluding carboxylic acids is 1. The molecule has 0 spiro atoms. The number of amides is 1. The first-order valence-corrected chi connectivity index (χ1v) is 9.03. The van der Waals surface area contributed by atoms with Crippen LogP contribution in [0, 0.1) is 32.1 Å². The molecule has 0 aliphatic carbocycles. The zero-order valence-electron chi connectivity index (χ0n) is 17.2. The van der Waals surface area contributed by atoms with Crippen molar-refractivity contribution in [2.75, 3.05) is 12.4 Å². The minimum atomic E-state index is -0.801. The maximum Gasteiger partial charge on any atom is 0.318 e. The molecular weight excluding hydrogens is 368 g/mol. The number of ether oxygens (including phenoxy) is 1. The molecule has 0 aliphatic heterocycles. The van der Waals surface area contributed by atoms with Crippen molar-refractivity contribution in [3.8, 4) is 5.75 Å². The molecule has 0 aromatic heterocycles. The van der Waals surface area contributed by atoms with Crippen molar-refractivity contribution in [2.24, 2.45) is 11.8 Å². The average molecular weight is 396 g/mol. The highest BCUT2D eigenvalue weighted by Crippen LogP contribution is 2.43. The lowest BCUT2D eigenvalue weighted by molar-refractivity contribution is -0.394. The standard InChI is InChI=1S/C18H28N4O6/c1-9(2)11(5)19-16-13(21(24)25)8-14(22(26)27)17(28-7)15(16)18(23)20-12(6)10(3)4/h8-12,19H,1-7H3,(H,20,23)/t11-,12-/m0/s1. The van der Waals surface area contributed by atoms with Gasteiger partial charge in [-0.15, -0.1) is 0 Å². The van der Waals surface area contributed by atoms with Crippen LogP contribution in [0.2, 0.25) is 0 Å². The van der Waals surface area contributed by atoms with Gasteiger partial charge in [-0.25, -0.2) is 0 Å². The van der Waals surface area contributed by atoms with E-state index >= 15 is 0 Å². The number of nitrogens with zero attached hydrogens (tertiary/aromatic N) is 2. The molecule has 0 fully saturated rings. The van der Waals surface area contributed by atoms with Gasteiger partial charge in [0.2, 0.25) is 5.75 Å². The Kier molecular flexibility index (Phi) is 7.71. The number of rotatable bonds is 9. The molecule has 0 saturated heterocycles. The summed E-state index contributed by atoms with van der Waals surface area (Å²) in [6.07, 6.45) is 0. The van der Waals surface area contributed by atoms with Crippen LogP contribution in [0.1, 0.15) is 51.9 Å². The molecule has 0 bridgehead atoms. The van der Waals surface area contributed by atoms with Crippen LogP contribution in [-0.2, 0) is 0 Å². The van der Waals surface area contributed by atoms with Crippen molar-refractivity contribution >= 4 is 23.0 Å². The van der Waals surface area contributed by atoms with E-state index in [4.69, 9.17) is 4.74 Å². The molecule has 10 heteroatoms. The van der Waals surface area contributed by atoms with Crippen molar-refractivity contribution in [1.29, 1.82) is 0 Å². The third kappa shape index (κ3) is 5.08. The van der Waals surface area contributed by atoms with Gasteiger partial charge in [-0.05, 0) is 25.7 Å². The second-order valence-corrected chi connectivity index (χ2v) is 7.40. The van der Waals surface area contributed by atoms with Crippen molar-refractivity contribution in [1.82, 2.24) is 5.32 Å². The number of nitrogens with one attached hydrogen (secondary N) is 2. The number of methoxy groups -OCH3 is 1. The van der Waals surface area contributed by atoms with Crippen molar-refractivity contribution < 1.29 is 19.4 Å². The molecule has 2 N–H and O–H groups in total. The van der Waals surface area contributed by atoms with Gasteiger partial charge in [-0.2, -0.15) is 0 Å². The molecule has 28 heavy (non-hydrogen) atoms. The predicted molar refractivity (Wildman–Crippen MR) is 106 cm³/mol. The van der Waals surface area contributed by atoms with Crippen LogP contribution in [0.4, 0.5) is 17.1 Å². The van der Waals surface area contributed by atoms with E-state index in [0.29, 0.717) is 0 Å². The summed E-state index contributed by atoms with van der Waals surface area (Å²) in [5.41, 5.74) is -1.54. The second-order valence-electron chi connectivity index (χ2n) is 7.40. The van der Waals surface area contributed by atoms with Gasteiger partial charge < -0.3 is 15.4 Å². The normalized spacial score (nSPS) is 13.2. The molecule has 0 saturated carbocycles. The number of hydrogen-bond acceptors (Lipinski definition) is 7. The Morgan fingerprint density at radius 3 is 1.86 bits per heavy atom. The van der Waals surface area contributed by atoms with Gasteiger partial charge in [0.05, 0.1) is 17.0 Å². The number of anilines is 1. The SMILES string of the molecule is COc1c([N+](=O)[O-])cc([N+](=O)[O-])c(N[C@@H](C)C(C)C)c1C(=O)N[C@@H](C)C(C)C. The molecule has 1 aromatic rings. The molecule has 1 rings (SSSR count). The average Bonchev–Trinajstić information content (AvgIpc) is 2.59. The first kappa shape index (κ1) is 23.1. The van der Waals surface area contributed by atoms with Crippen molar-refractivity contribution in [2.45, 2.75) is 53.6 Å². The van der Waals surface area contributed by atoms with Crippen LogP contribution < -0.4 is 15.4 Å². The topological polar surface area (TPSA) is 137 Å². The van der Waals surface area contributed by atoms with Crippen LogP contribution >= 0.6 is 0 Å². The first-order valence-electron chi connectivity index (χ1n) is 9.03. The maximum absolute atomic E-state index is 13.0. The van der Waals surface area contributed by atoms with Crippen LogP contribution in [0.3, 0.4) is 0 Å². The quantitative estimate of drug-likeness (QED) is 0.479. The largest absolute Gasteiger partial charge is 0.490 e. The summed E-state index contributed by atoms with van der Waals surface area (Å²) in [5, 5.41) is 28.8. The fourth-order valence-corrected chi connectivity index (χ4v) is 2.33. The summed E-state index contributed by atoms with van der Waals surface area (Å²) in [6, 6.07) is 0.321. The molecule has 0 aliphatic rings. The van der Waals surface area contributed by atoms with Gasteiger partial charge in [-0.3, -0.25) is 25.0 Å². The molecule has 0 heterocycles. The molecular formula is C18H28N4O6. The van der Waals surface area contributed by atoms with E-state index in [9.17, 15) is 25.0 Å². The maximum atomic E-state index is 13.0. The third-order valence-electron chi connectivity index (χ3n) is 4.79. The minimum absolute atomic E-state index is 0.0892. The Balaban J connectivity index is 3.79. The van der Waals surface area contributed by atoms with E-state index < -0.39 is 27.1 Å². The summed E-state index contributed by atoms with van der Waals surface area (Å²) in [5.74, 6) is -0.813. The van der Waals surface area contributed by atoms with Gasteiger partial charge in [0.25, 0.3) is 11.6 Å². The fraction of sp³-hybridized carbons (Fsp3) is 0.611. The Bertz CT molecular complexity index is 763. The number of benzene rings is 1. The molecule has 1 aromatic carbocycles. The Labute approximate surface area is 163 Å². The molecule has 1 amide bonds. The highest BCUT2D eigenvalue weighted by molar-refractivity contribution is 6.06. The van der Waals surface area contributed by atoms with Crippen molar-refractivity contribution in [3.63, 3.8) is 0 Å². The Hall–Kier alpha value is -2.91. The van der Waals surface area contributed by atoms with Crippen molar-refractivity contribution in [3.05, 3.63) is 31.9 Å². The van der Waals surface area contributed by atoms with Crippen LogP contribution in [0.5, 0.6) is 5.75 Å². The second kappa shape index (κ2) is 9.34. The van der Waals surface area contributed by atoms with Gasteiger partial charge >= 0.3 is 5.69 Å². The third-order valence-corrected chi connectivity index (χ3v) is 4.79. The summed E-state index contributed by atoms with van der Waals surface area (Å²) in [6.45, 7) is 11.2. The zero-order valence-corrected chi connectivity index (χ0v) is 17.2. The smallest absolute Gasteiger partial charge is 0.318 e. The summed E-state index contributed by atoms with van der Waals surface area (Å²) < 4.78 is 5.15. The predicted octanol–water partition coefficient (Wildman–Crippen LogP) is 3.74. The van der Waals surface area contributed by atoms with Gasteiger partial charge in [0.15, 0.2) is 0 Å². The molecule has 156 valence electrons. The fourth-order valence-electron chi connectivity index (χ4n) is 2.33. The van der Waals surface area contributed by atoms with E-state index in [1.165, 1.54) is 7.11 Å². The molecule has 0 unspecified atom stereocenters. The van der Waals surface area contributed by atoms with Gasteiger partial charge in [0, 0.05) is 12.1 Å². The van der Waals surface area contributed by atoms with E-state index in [0.717, 1.165) is 6.07 Å². The highest BCUT2D eigenvalue weighted by atomic mass is 16.6. The Morgan fingerprint density at radius 2 is 1.46 bits per heavy atom. The lowest BCUT2D eigenvalue weighted by atomic mass is 10.0. The Morgan fingerprint density at radius 1 is 0.964 bits per heavy atom. The number of nitro benzene ring substituents is 2. The summed E-state index contributed by atoms with van der Waals surface area (Å²) in [7, 11) is 1.19. The van der Waals surface area contributed by atoms with E-state index in [1.807, 2.05) is 27.7 Å². The first-order chi connectivity index (χ1) is 12.9.